The predicted molar refractivity (Wildman–Crippen MR) is 102 cm³/mol. The lowest BCUT2D eigenvalue weighted by molar-refractivity contribution is -0.384. The number of amides is 1. The van der Waals surface area contributed by atoms with Crippen molar-refractivity contribution < 1.29 is 14.5 Å². The molecular weight excluding hydrogens is 378 g/mol. The SMILES string of the molecule is COc1cccc(/C=C2/SC(=Nc3ccc([N+](=O)[O-])cc3Cl)NC2=O)c1. The molecule has 1 amide bonds. The summed E-state index contributed by atoms with van der Waals surface area (Å²) in [5, 5.41) is 13.9. The summed E-state index contributed by atoms with van der Waals surface area (Å²) < 4.78 is 5.16. The van der Waals surface area contributed by atoms with E-state index in [1.807, 2.05) is 24.3 Å². The number of hydrogen-bond acceptors (Lipinski definition) is 6. The lowest BCUT2D eigenvalue weighted by Crippen LogP contribution is -2.19. The van der Waals surface area contributed by atoms with Crippen LogP contribution in [0.25, 0.3) is 6.08 Å². The molecule has 2 aromatic rings. The number of carbonyl (C=O) groups is 1. The summed E-state index contributed by atoms with van der Waals surface area (Å²) in [5.41, 5.74) is 1.03. The van der Waals surface area contributed by atoms with Crippen molar-refractivity contribution in [3.63, 3.8) is 0 Å². The van der Waals surface area contributed by atoms with Crippen LogP contribution in [-0.4, -0.2) is 23.1 Å². The van der Waals surface area contributed by atoms with Gasteiger partial charge in [-0.25, -0.2) is 4.99 Å². The third kappa shape index (κ3) is 4.04. The number of aliphatic imine (C=N–C) groups is 1. The molecule has 1 N–H and O–H groups in total. The van der Waals surface area contributed by atoms with Gasteiger partial charge in [0.25, 0.3) is 11.6 Å². The number of rotatable bonds is 4. The van der Waals surface area contributed by atoms with Crippen LogP contribution in [-0.2, 0) is 4.79 Å². The van der Waals surface area contributed by atoms with Gasteiger partial charge in [0.2, 0.25) is 0 Å². The Hall–Kier alpha value is -2.84. The van der Waals surface area contributed by atoms with Gasteiger partial charge in [0.15, 0.2) is 5.17 Å². The van der Waals surface area contributed by atoms with Crippen molar-refractivity contribution in [1.29, 1.82) is 0 Å². The van der Waals surface area contributed by atoms with Crippen molar-refractivity contribution in [2.24, 2.45) is 4.99 Å². The quantitative estimate of drug-likeness (QED) is 0.481. The zero-order valence-electron chi connectivity index (χ0n) is 13.4. The molecule has 0 bridgehead atoms. The van der Waals surface area contributed by atoms with Gasteiger partial charge < -0.3 is 10.1 Å². The highest BCUT2D eigenvalue weighted by Crippen LogP contribution is 2.33. The molecule has 1 saturated heterocycles. The Kier molecular flexibility index (Phi) is 5.24. The first kappa shape index (κ1) is 18.0. The molecule has 7 nitrogen and oxygen atoms in total. The fourth-order valence-corrected chi connectivity index (χ4v) is 3.22. The number of methoxy groups -OCH3 is 1. The summed E-state index contributed by atoms with van der Waals surface area (Å²) >= 11 is 7.18. The molecule has 0 saturated carbocycles. The van der Waals surface area contributed by atoms with E-state index in [4.69, 9.17) is 16.3 Å². The summed E-state index contributed by atoms with van der Waals surface area (Å²) in [4.78, 5) is 27.1. The van der Waals surface area contributed by atoms with Gasteiger partial charge in [-0.15, -0.1) is 0 Å². The average Bonchev–Trinajstić information content (AvgIpc) is 2.96. The Morgan fingerprint density at radius 1 is 1.31 bits per heavy atom. The summed E-state index contributed by atoms with van der Waals surface area (Å²) in [6.07, 6.45) is 1.72. The van der Waals surface area contributed by atoms with E-state index in [2.05, 4.69) is 10.3 Å². The zero-order valence-corrected chi connectivity index (χ0v) is 15.0. The number of thioether (sulfide) groups is 1. The third-order valence-corrected chi connectivity index (χ3v) is 4.62. The third-order valence-electron chi connectivity index (χ3n) is 3.41. The summed E-state index contributed by atoms with van der Waals surface area (Å²) in [7, 11) is 1.57. The van der Waals surface area contributed by atoms with E-state index in [1.54, 1.807) is 13.2 Å². The van der Waals surface area contributed by atoms with Crippen LogP contribution in [0, 0.1) is 10.1 Å². The van der Waals surface area contributed by atoms with E-state index < -0.39 is 4.92 Å². The molecule has 1 fully saturated rings. The minimum absolute atomic E-state index is 0.124. The summed E-state index contributed by atoms with van der Waals surface area (Å²) in [5.74, 6) is 0.406. The predicted octanol–water partition coefficient (Wildman–Crippen LogP) is 4.15. The maximum absolute atomic E-state index is 12.1. The van der Waals surface area contributed by atoms with Gasteiger partial charge in [-0.2, -0.15) is 0 Å². The Morgan fingerprint density at radius 2 is 2.12 bits per heavy atom. The normalized spacial score (nSPS) is 16.8. The van der Waals surface area contributed by atoms with Crippen molar-refractivity contribution in [3.8, 4) is 5.75 Å². The number of non-ortho nitro benzene ring substituents is 1. The molecule has 9 heteroatoms. The number of benzene rings is 2. The van der Waals surface area contributed by atoms with Crippen molar-refractivity contribution in [2.45, 2.75) is 0 Å². The Labute approximate surface area is 157 Å². The molecular formula is C17H12ClN3O4S. The second-order valence-corrected chi connectivity index (χ2v) is 6.59. The van der Waals surface area contributed by atoms with E-state index >= 15 is 0 Å². The van der Waals surface area contributed by atoms with Gasteiger partial charge in [-0.1, -0.05) is 23.7 Å². The Morgan fingerprint density at radius 3 is 2.81 bits per heavy atom. The number of carbonyl (C=O) groups excluding carboxylic acids is 1. The first-order valence-corrected chi connectivity index (χ1v) is 8.53. The Balaban J connectivity index is 1.84. The number of nitro groups is 1. The molecule has 0 aromatic heterocycles. The van der Waals surface area contributed by atoms with Crippen LogP contribution in [0.2, 0.25) is 5.02 Å². The van der Waals surface area contributed by atoms with Crippen molar-refractivity contribution >= 4 is 51.9 Å². The van der Waals surface area contributed by atoms with E-state index in [0.717, 1.165) is 17.3 Å². The van der Waals surface area contributed by atoms with Crippen LogP contribution in [0.4, 0.5) is 11.4 Å². The maximum atomic E-state index is 12.1. The molecule has 0 radical (unpaired) electrons. The van der Waals surface area contributed by atoms with E-state index in [1.165, 1.54) is 18.2 Å². The molecule has 0 atom stereocenters. The van der Waals surface area contributed by atoms with Gasteiger partial charge in [-0.3, -0.25) is 14.9 Å². The number of nitro benzene ring substituents is 1. The van der Waals surface area contributed by atoms with Crippen LogP contribution < -0.4 is 10.1 Å². The maximum Gasteiger partial charge on any atom is 0.271 e. The number of nitrogens with zero attached hydrogens (tertiary/aromatic N) is 2. The smallest absolute Gasteiger partial charge is 0.271 e. The number of hydrogen-bond donors (Lipinski definition) is 1. The molecule has 1 aliphatic rings. The lowest BCUT2D eigenvalue weighted by atomic mass is 10.2. The number of halogens is 1. The van der Waals surface area contributed by atoms with E-state index in [0.29, 0.717) is 21.5 Å². The standard InChI is InChI=1S/C17H12ClN3O4S/c1-25-12-4-2-3-10(7-12)8-15-16(22)20-17(26-15)19-14-6-5-11(21(23)24)9-13(14)18/h2-9H,1H3,(H,19,20,22)/b15-8+. The largest absolute Gasteiger partial charge is 0.497 e. The first-order valence-electron chi connectivity index (χ1n) is 7.34. The average molecular weight is 390 g/mol. The Bertz CT molecular complexity index is 959. The molecule has 1 heterocycles. The number of ether oxygens (including phenoxy) is 1. The van der Waals surface area contributed by atoms with Crippen molar-refractivity contribution in [3.05, 3.63) is 68.1 Å². The monoisotopic (exact) mass is 389 g/mol. The van der Waals surface area contributed by atoms with E-state index in [-0.39, 0.29) is 16.6 Å². The highest BCUT2D eigenvalue weighted by molar-refractivity contribution is 8.18. The number of amidine groups is 1. The second-order valence-electron chi connectivity index (χ2n) is 5.15. The lowest BCUT2D eigenvalue weighted by Gasteiger charge is -2.00. The minimum atomic E-state index is -0.538. The van der Waals surface area contributed by atoms with Crippen LogP contribution in [0.3, 0.4) is 0 Å². The molecule has 3 rings (SSSR count). The fraction of sp³-hybridized carbons (Fsp3) is 0.0588. The topological polar surface area (TPSA) is 93.8 Å². The van der Waals surface area contributed by atoms with Gasteiger partial charge in [-0.05, 0) is 41.6 Å². The minimum Gasteiger partial charge on any atom is -0.497 e. The van der Waals surface area contributed by atoms with Gasteiger partial charge in [0, 0.05) is 12.1 Å². The molecule has 2 aromatic carbocycles. The van der Waals surface area contributed by atoms with Crippen LogP contribution in [0.15, 0.2) is 52.4 Å². The van der Waals surface area contributed by atoms with Crippen molar-refractivity contribution in [2.75, 3.05) is 7.11 Å². The van der Waals surface area contributed by atoms with Gasteiger partial charge in [0.05, 0.1) is 27.6 Å². The first-order chi connectivity index (χ1) is 12.5. The van der Waals surface area contributed by atoms with Crippen molar-refractivity contribution in [1.82, 2.24) is 5.32 Å². The highest BCUT2D eigenvalue weighted by Gasteiger charge is 2.24. The van der Waals surface area contributed by atoms with Crippen LogP contribution in [0.1, 0.15) is 5.56 Å². The van der Waals surface area contributed by atoms with Crippen LogP contribution in [0.5, 0.6) is 5.75 Å². The van der Waals surface area contributed by atoms with E-state index in [9.17, 15) is 14.9 Å². The van der Waals surface area contributed by atoms with Gasteiger partial charge >= 0.3 is 0 Å². The molecule has 0 spiro atoms. The summed E-state index contributed by atoms with van der Waals surface area (Å²) in [6, 6.07) is 11.3. The molecule has 132 valence electrons. The molecule has 26 heavy (non-hydrogen) atoms. The fourth-order valence-electron chi connectivity index (χ4n) is 2.17. The highest BCUT2D eigenvalue weighted by atomic mass is 35.5. The molecule has 0 unspecified atom stereocenters. The van der Waals surface area contributed by atoms with Crippen LogP contribution >= 0.6 is 23.4 Å². The second kappa shape index (κ2) is 7.59. The number of nitrogens with one attached hydrogen (secondary N) is 1. The molecule has 1 aliphatic heterocycles. The van der Waals surface area contributed by atoms with Gasteiger partial charge in [0.1, 0.15) is 5.75 Å². The molecule has 0 aliphatic carbocycles. The summed E-state index contributed by atoms with van der Waals surface area (Å²) in [6.45, 7) is 0. The zero-order chi connectivity index (χ0) is 18.7.